The molecule has 15 heavy (non-hydrogen) atoms. The first-order valence-electron chi connectivity index (χ1n) is 4.48. The van der Waals surface area contributed by atoms with E-state index in [9.17, 15) is 4.39 Å². The van der Waals surface area contributed by atoms with Gasteiger partial charge in [-0.3, -0.25) is 0 Å². The van der Waals surface area contributed by atoms with E-state index in [-0.39, 0.29) is 5.69 Å². The molecule has 0 saturated carbocycles. The Balaban J connectivity index is 2.45. The second-order valence-corrected chi connectivity index (χ2v) is 3.68. The summed E-state index contributed by atoms with van der Waals surface area (Å²) in [4.78, 5) is 0. The van der Waals surface area contributed by atoms with Gasteiger partial charge in [0, 0.05) is 5.02 Å². The lowest BCUT2D eigenvalue weighted by Gasteiger charge is -2.03. The fourth-order valence-corrected chi connectivity index (χ4v) is 1.48. The summed E-state index contributed by atoms with van der Waals surface area (Å²) < 4.78 is 13.2. The van der Waals surface area contributed by atoms with Crippen LogP contribution >= 0.6 is 11.6 Å². The minimum absolute atomic E-state index is 0.160. The van der Waals surface area contributed by atoms with Crippen LogP contribution in [0.2, 0.25) is 5.02 Å². The summed E-state index contributed by atoms with van der Waals surface area (Å²) in [5.74, 6) is -0.401. The fourth-order valence-electron chi connectivity index (χ4n) is 1.35. The van der Waals surface area contributed by atoms with Crippen LogP contribution in [0.5, 0.6) is 0 Å². The van der Waals surface area contributed by atoms with Crippen molar-refractivity contribution in [2.45, 2.75) is 0 Å². The molecular weight excluding hydrogens is 213 g/mol. The Hall–Kier alpha value is -1.54. The number of nitrogens with two attached hydrogens (primary N) is 1. The van der Waals surface area contributed by atoms with Crippen LogP contribution in [0.3, 0.4) is 0 Å². The van der Waals surface area contributed by atoms with Crippen LogP contribution in [0.4, 0.5) is 10.1 Å². The molecule has 0 radical (unpaired) electrons. The van der Waals surface area contributed by atoms with Gasteiger partial charge in [-0.05, 0) is 35.4 Å². The molecule has 0 atom stereocenters. The molecule has 0 amide bonds. The Morgan fingerprint density at radius 1 is 0.933 bits per heavy atom. The van der Waals surface area contributed by atoms with E-state index in [1.54, 1.807) is 24.3 Å². The van der Waals surface area contributed by atoms with Crippen LogP contribution in [-0.4, -0.2) is 0 Å². The Bertz CT molecular complexity index is 479. The molecule has 2 aromatic carbocycles. The van der Waals surface area contributed by atoms with Gasteiger partial charge in [0.05, 0.1) is 5.69 Å². The third kappa shape index (κ3) is 2.10. The predicted octanol–water partition coefficient (Wildman–Crippen LogP) is 3.73. The standard InChI is InChI=1S/C12H9ClFN/c13-10-4-1-8(2-5-10)9-3-6-12(15)11(14)7-9/h1-7H,15H2. The predicted molar refractivity (Wildman–Crippen MR) is 61.3 cm³/mol. The molecular formula is C12H9ClFN. The molecule has 0 spiro atoms. The SMILES string of the molecule is Nc1ccc(-c2ccc(Cl)cc2)cc1F. The number of nitrogen functional groups attached to an aromatic ring is 1. The summed E-state index contributed by atoms with van der Waals surface area (Å²) >= 11 is 5.76. The van der Waals surface area contributed by atoms with E-state index in [4.69, 9.17) is 17.3 Å². The lowest BCUT2D eigenvalue weighted by Crippen LogP contribution is -1.90. The topological polar surface area (TPSA) is 26.0 Å². The van der Waals surface area contributed by atoms with Crippen molar-refractivity contribution in [3.8, 4) is 11.1 Å². The van der Waals surface area contributed by atoms with Gasteiger partial charge in [-0.15, -0.1) is 0 Å². The van der Waals surface area contributed by atoms with Crippen LogP contribution in [0.15, 0.2) is 42.5 Å². The van der Waals surface area contributed by atoms with Crippen molar-refractivity contribution in [2.24, 2.45) is 0 Å². The van der Waals surface area contributed by atoms with Crippen molar-refractivity contribution < 1.29 is 4.39 Å². The highest BCUT2D eigenvalue weighted by Crippen LogP contribution is 2.24. The third-order valence-electron chi connectivity index (χ3n) is 2.18. The molecule has 0 fully saturated rings. The highest BCUT2D eigenvalue weighted by Gasteiger charge is 2.02. The molecule has 0 bridgehead atoms. The average Bonchev–Trinajstić information content (AvgIpc) is 2.23. The van der Waals surface area contributed by atoms with Gasteiger partial charge in [0.2, 0.25) is 0 Å². The lowest BCUT2D eigenvalue weighted by atomic mass is 10.1. The zero-order valence-electron chi connectivity index (χ0n) is 7.87. The van der Waals surface area contributed by atoms with Crippen molar-refractivity contribution in [2.75, 3.05) is 5.73 Å². The van der Waals surface area contributed by atoms with Crippen molar-refractivity contribution in [3.63, 3.8) is 0 Å². The number of hydrogen-bond acceptors (Lipinski definition) is 1. The smallest absolute Gasteiger partial charge is 0.146 e. The molecule has 0 saturated heterocycles. The highest BCUT2D eigenvalue weighted by atomic mass is 35.5. The first-order valence-corrected chi connectivity index (χ1v) is 4.85. The molecule has 3 heteroatoms. The molecule has 0 aliphatic carbocycles. The van der Waals surface area contributed by atoms with E-state index < -0.39 is 5.82 Å². The van der Waals surface area contributed by atoms with Gasteiger partial charge < -0.3 is 5.73 Å². The average molecular weight is 222 g/mol. The molecule has 0 unspecified atom stereocenters. The molecule has 0 aromatic heterocycles. The van der Waals surface area contributed by atoms with Crippen LogP contribution in [0, 0.1) is 5.82 Å². The van der Waals surface area contributed by atoms with E-state index >= 15 is 0 Å². The van der Waals surface area contributed by atoms with Crippen molar-refractivity contribution in [1.82, 2.24) is 0 Å². The zero-order valence-corrected chi connectivity index (χ0v) is 8.63. The van der Waals surface area contributed by atoms with Gasteiger partial charge in [-0.1, -0.05) is 29.8 Å². The highest BCUT2D eigenvalue weighted by molar-refractivity contribution is 6.30. The maximum absolute atomic E-state index is 13.2. The molecule has 2 rings (SSSR count). The number of halogens is 2. The van der Waals surface area contributed by atoms with Crippen LogP contribution in [0.25, 0.3) is 11.1 Å². The van der Waals surface area contributed by atoms with E-state index in [1.807, 2.05) is 12.1 Å². The largest absolute Gasteiger partial charge is 0.396 e. The summed E-state index contributed by atoms with van der Waals surface area (Å²) in [5.41, 5.74) is 7.26. The number of hydrogen-bond donors (Lipinski definition) is 1. The summed E-state index contributed by atoms with van der Waals surface area (Å²) in [6.07, 6.45) is 0. The Kier molecular flexibility index (Phi) is 2.60. The summed E-state index contributed by atoms with van der Waals surface area (Å²) in [5, 5.41) is 0.662. The van der Waals surface area contributed by atoms with E-state index in [2.05, 4.69) is 0 Å². The van der Waals surface area contributed by atoms with E-state index in [1.165, 1.54) is 6.07 Å². The first-order chi connectivity index (χ1) is 7.16. The monoisotopic (exact) mass is 221 g/mol. The van der Waals surface area contributed by atoms with Crippen molar-refractivity contribution in [3.05, 3.63) is 53.3 Å². The number of rotatable bonds is 1. The third-order valence-corrected chi connectivity index (χ3v) is 2.43. The van der Waals surface area contributed by atoms with Gasteiger partial charge in [0.15, 0.2) is 0 Å². The Labute approximate surface area is 92.3 Å². The molecule has 0 aliphatic rings. The van der Waals surface area contributed by atoms with Crippen molar-refractivity contribution in [1.29, 1.82) is 0 Å². The fraction of sp³-hybridized carbons (Fsp3) is 0. The first kappa shape index (κ1) is 9.99. The molecule has 76 valence electrons. The van der Waals surface area contributed by atoms with Gasteiger partial charge in [-0.2, -0.15) is 0 Å². The zero-order chi connectivity index (χ0) is 10.8. The number of anilines is 1. The second kappa shape index (κ2) is 3.91. The van der Waals surface area contributed by atoms with Gasteiger partial charge >= 0.3 is 0 Å². The van der Waals surface area contributed by atoms with Gasteiger partial charge in [0.25, 0.3) is 0 Å². The summed E-state index contributed by atoms with van der Waals surface area (Å²) in [6, 6.07) is 12.0. The van der Waals surface area contributed by atoms with Crippen LogP contribution in [0.1, 0.15) is 0 Å². The number of benzene rings is 2. The minimum atomic E-state index is -0.401. The van der Waals surface area contributed by atoms with Crippen molar-refractivity contribution >= 4 is 17.3 Å². The summed E-state index contributed by atoms with van der Waals surface area (Å²) in [7, 11) is 0. The molecule has 2 N–H and O–H groups in total. The minimum Gasteiger partial charge on any atom is -0.396 e. The van der Waals surface area contributed by atoms with Gasteiger partial charge in [-0.25, -0.2) is 4.39 Å². The molecule has 0 aliphatic heterocycles. The molecule has 0 heterocycles. The Morgan fingerprint density at radius 2 is 1.53 bits per heavy atom. The molecule has 2 aromatic rings. The quantitative estimate of drug-likeness (QED) is 0.730. The normalized spacial score (nSPS) is 10.3. The lowest BCUT2D eigenvalue weighted by molar-refractivity contribution is 0.633. The maximum Gasteiger partial charge on any atom is 0.146 e. The van der Waals surface area contributed by atoms with Gasteiger partial charge in [0.1, 0.15) is 5.82 Å². The summed E-state index contributed by atoms with van der Waals surface area (Å²) in [6.45, 7) is 0. The molecule has 1 nitrogen and oxygen atoms in total. The second-order valence-electron chi connectivity index (χ2n) is 3.24. The van der Waals surface area contributed by atoms with E-state index in [0.717, 1.165) is 11.1 Å². The maximum atomic E-state index is 13.2. The Morgan fingerprint density at radius 3 is 2.13 bits per heavy atom. The van der Waals surface area contributed by atoms with Crippen LogP contribution in [-0.2, 0) is 0 Å². The van der Waals surface area contributed by atoms with Crippen LogP contribution < -0.4 is 5.73 Å². The van der Waals surface area contributed by atoms with E-state index in [0.29, 0.717) is 5.02 Å².